The quantitative estimate of drug-likeness (QED) is 0.784. The lowest BCUT2D eigenvalue weighted by molar-refractivity contribution is -0.136. The van der Waals surface area contributed by atoms with Gasteiger partial charge in [-0.3, -0.25) is 4.79 Å². The number of rotatable bonds is 3. The van der Waals surface area contributed by atoms with E-state index in [9.17, 15) is 4.79 Å². The Labute approximate surface area is 159 Å². The minimum Gasteiger partial charge on any atom is -0.373 e. The van der Waals surface area contributed by atoms with Gasteiger partial charge in [0.05, 0.1) is 25.5 Å². The molecule has 2 aliphatic rings. The van der Waals surface area contributed by atoms with E-state index in [4.69, 9.17) is 4.74 Å². The summed E-state index contributed by atoms with van der Waals surface area (Å²) in [5.74, 6) is 7.24. The van der Waals surface area contributed by atoms with Crippen molar-refractivity contribution in [2.24, 2.45) is 5.92 Å². The smallest absolute Gasteiger partial charge is 0.219 e. The molecule has 1 atom stereocenters. The first kappa shape index (κ1) is 17.7. The third-order valence-corrected chi connectivity index (χ3v) is 5.01. The van der Waals surface area contributed by atoms with Crippen molar-refractivity contribution in [3.05, 3.63) is 35.5 Å². The molecule has 0 unspecified atom stereocenters. The summed E-state index contributed by atoms with van der Waals surface area (Å²) in [6.07, 6.45) is 4.36. The van der Waals surface area contributed by atoms with Gasteiger partial charge in [-0.1, -0.05) is 23.1 Å². The molecule has 1 aliphatic heterocycles. The van der Waals surface area contributed by atoms with Gasteiger partial charge in [0.15, 0.2) is 0 Å². The van der Waals surface area contributed by atoms with Gasteiger partial charge < -0.3 is 9.64 Å². The average Bonchev–Trinajstić information content (AvgIpc) is 3.38. The standard InChI is InChI=1S/C21H24N4O2/c1-15-11-18(6-5-17-3-4-17)7-8-20(15)21-14-25(23-22-21)13-19-12-24(16(2)26)9-10-27-19/h7-8,11,14,17,19H,3-4,9-10,12-13H2,1-2H3/t19-/m1/s1. The Bertz CT molecular complexity index is 904. The summed E-state index contributed by atoms with van der Waals surface area (Å²) in [5.41, 5.74) is 4.10. The lowest BCUT2D eigenvalue weighted by Crippen LogP contribution is -2.46. The van der Waals surface area contributed by atoms with Crippen molar-refractivity contribution in [1.29, 1.82) is 0 Å². The fourth-order valence-electron chi connectivity index (χ4n) is 3.28. The van der Waals surface area contributed by atoms with Crippen LogP contribution in [-0.4, -0.2) is 51.6 Å². The highest BCUT2D eigenvalue weighted by Gasteiger charge is 2.23. The predicted octanol–water partition coefficient (Wildman–Crippen LogP) is 2.26. The molecule has 27 heavy (non-hydrogen) atoms. The summed E-state index contributed by atoms with van der Waals surface area (Å²) in [4.78, 5) is 13.4. The number of hydrogen-bond acceptors (Lipinski definition) is 4. The van der Waals surface area contributed by atoms with Crippen molar-refractivity contribution in [3.63, 3.8) is 0 Å². The van der Waals surface area contributed by atoms with Crippen LogP contribution in [0.1, 0.15) is 30.9 Å². The summed E-state index contributed by atoms with van der Waals surface area (Å²) in [5, 5.41) is 8.56. The van der Waals surface area contributed by atoms with Crippen molar-refractivity contribution in [2.45, 2.75) is 39.3 Å². The van der Waals surface area contributed by atoms with Gasteiger partial charge in [0, 0.05) is 37.1 Å². The molecule has 0 radical (unpaired) electrons. The molecule has 2 fully saturated rings. The maximum atomic E-state index is 11.6. The molecule has 140 valence electrons. The van der Waals surface area contributed by atoms with Gasteiger partial charge in [-0.2, -0.15) is 0 Å². The summed E-state index contributed by atoms with van der Waals surface area (Å²) < 4.78 is 7.57. The highest BCUT2D eigenvalue weighted by Crippen LogP contribution is 2.28. The van der Waals surface area contributed by atoms with E-state index in [1.165, 1.54) is 12.8 Å². The van der Waals surface area contributed by atoms with Crippen LogP contribution < -0.4 is 0 Å². The molecule has 1 saturated heterocycles. The first-order chi connectivity index (χ1) is 13.1. The fourth-order valence-corrected chi connectivity index (χ4v) is 3.28. The Kier molecular flexibility index (Phi) is 4.95. The van der Waals surface area contributed by atoms with Crippen LogP contribution in [0.5, 0.6) is 0 Å². The number of benzene rings is 1. The average molecular weight is 364 g/mol. The van der Waals surface area contributed by atoms with Crippen LogP contribution >= 0.6 is 0 Å². The van der Waals surface area contributed by atoms with Gasteiger partial charge in [-0.05, 0) is 37.5 Å². The second kappa shape index (κ2) is 7.53. The summed E-state index contributed by atoms with van der Waals surface area (Å²) in [6.45, 7) is 6.07. The number of hydrogen-bond donors (Lipinski definition) is 0. The van der Waals surface area contributed by atoms with E-state index in [1.807, 2.05) is 17.2 Å². The monoisotopic (exact) mass is 364 g/mol. The molecule has 6 nitrogen and oxygen atoms in total. The topological polar surface area (TPSA) is 60.2 Å². The van der Waals surface area contributed by atoms with Gasteiger partial charge in [-0.15, -0.1) is 5.10 Å². The number of aromatic nitrogens is 3. The molecular weight excluding hydrogens is 340 g/mol. The maximum absolute atomic E-state index is 11.6. The second-order valence-electron chi connectivity index (χ2n) is 7.36. The molecule has 1 saturated carbocycles. The van der Waals surface area contributed by atoms with E-state index in [2.05, 4.69) is 41.2 Å². The number of aryl methyl sites for hydroxylation is 1. The van der Waals surface area contributed by atoms with E-state index in [0.29, 0.717) is 32.2 Å². The highest BCUT2D eigenvalue weighted by molar-refractivity contribution is 5.73. The lowest BCUT2D eigenvalue weighted by Gasteiger charge is -2.32. The van der Waals surface area contributed by atoms with E-state index in [1.54, 1.807) is 11.6 Å². The Morgan fingerprint density at radius 3 is 2.96 bits per heavy atom. The number of morpholine rings is 1. The molecule has 1 aliphatic carbocycles. The van der Waals surface area contributed by atoms with Gasteiger partial charge in [0.2, 0.25) is 5.91 Å². The molecule has 4 rings (SSSR count). The predicted molar refractivity (Wildman–Crippen MR) is 102 cm³/mol. The van der Waals surface area contributed by atoms with E-state index in [-0.39, 0.29) is 12.0 Å². The fraction of sp³-hybridized carbons (Fsp3) is 0.476. The zero-order chi connectivity index (χ0) is 18.8. The van der Waals surface area contributed by atoms with Crippen LogP contribution in [0.15, 0.2) is 24.4 Å². The second-order valence-corrected chi connectivity index (χ2v) is 7.36. The molecule has 2 heterocycles. The van der Waals surface area contributed by atoms with Crippen LogP contribution in [0.3, 0.4) is 0 Å². The molecule has 6 heteroatoms. The largest absolute Gasteiger partial charge is 0.373 e. The molecule has 0 N–H and O–H groups in total. The third kappa shape index (κ3) is 4.37. The highest BCUT2D eigenvalue weighted by atomic mass is 16.5. The minimum absolute atomic E-state index is 0.0571. The zero-order valence-electron chi connectivity index (χ0n) is 15.8. The molecule has 1 amide bonds. The number of carbonyl (C=O) groups is 1. The van der Waals surface area contributed by atoms with Crippen LogP contribution in [0.25, 0.3) is 11.3 Å². The molecule has 0 spiro atoms. The van der Waals surface area contributed by atoms with E-state index >= 15 is 0 Å². The Balaban J connectivity index is 1.44. The van der Waals surface area contributed by atoms with Crippen molar-refractivity contribution in [3.8, 4) is 23.1 Å². The first-order valence-corrected chi connectivity index (χ1v) is 9.48. The Hall–Kier alpha value is -2.65. The van der Waals surface area contributed by atoms with E-state index < -0.39 is 0 Å². The molecule has 1 aromatic carbocycles. The normalized spacial score (nSPS) is 19.5. The van der Waals surface area contributed by atoms with Crippen LogP contribution in [0.4, 0.5) is 0 Å². The van der Waals surface area contributed by atoms with Crippen molar-refractivity contribution < 1.29 is 9.53 Å². The van der Waals surface area contributed by atoms with Crippen LogP contribution in [0, 0.1) is 24.7 Å². The maximum Gasteiger partial charge on any atom is 0.219 e. The van der Waals surface area contributed by atoms with Crippen molar-refractivity contribution in [1.82, 2.24) is 19.9 Å². The van der Waals surface area contributed by atoms with Crippen molar-refractivity contribution in [2.75, 3.05) is 19.7 Å². The number of amides is 1. The Morgan fingerprint density at radius 1 is 1.37 bits per heavy atom. The molecule has 2 aromatic rings. The van der Waals surface area contributed by atoms with Gasteiger partial charge in [-0.25, -0.2) is 4.68 Å². The molecule has 1 aromatic heterocycles. The summed E-state index contributed by atoms with van der Waals surface area (Å²) in [6, 6.07) is 6.22. The molecule has 0 bridgehead atoms. The summed E-state index contributed by atoms with van der Waals surface area (Å²) >= 11 is 0. The van der Waals surface area contributed by atoms with Gasteiger partial charge in [0.1, 0.15) is 5.69 Å². The Morgan fingerprint density at radius 2 is 2.22 bits per heavy atom. The number of carbonyl (C=O) groups excluding carboxylic acids is 1. The zero-order valence-corrected chi connectivity index (χ0v) is 15.8. The third-order valence-electron chi connectivity index (χ3n) is 5.01. The number of nitrogens with zero attached hydrogens (tertiary/aromatic N) is 4. The van der Waals surface area contributed by atoms with Crippen LogP contribution in [0.2, 0.25) is 0 Å². The molecular formula is C21H24N4O2. The number of ether oxygens (including phenoxy) is 1. The summed E-state index contributed by atoms with van der Waals surface area (Å²) in [7, 11) is 0. The minimum atomic E-state index is -0.0571. The van der Waals surface area contributed by atoms with Crippen molar-refractivity contribution >= 4 is 5.91 Å². The SMILES string of the molecule is CC(=O)N1CCO[C@@H](Cn2cc(-c3ccc(C#CC4CC4)cc3C)nn2)C1. The van der Waals surface area contributed by atoms with Gasteiger partial charge in [0.25, 0.3) is 0 Å². The van der Waals surface area contributed by atoms with Gasteiger partial charge >= 0.3 is 0 Å². The van der Waals surface area contributed by atoms with E-state index in [0.717, 1.165) is 22.4 Å². The first-order valence-electron chi connectivity index (χ1n) is 9.48. The van der Waals surface area contributed by atoms with Crippen LogP contribution in [-0.2, 0) is 16.1 Å². The lowest BCUT2D eigenvalue weighted by atomic mass is 10.0.